The Morgan fingerprint density at radius 3 is 2.94 bits per heavy atom. The van der Waals surface area contributed by atoms with E-state index >= 15 is 0 Å². The number of hydrogen-bond donors (Lipinski definition) is 1. The van der Waals surface area contributed by atoms with Crippen molar-refractivity contribution in [1.29, 1.82) is 0 Å². The third-order valence-corrected chi connectivity index (χ3v) is 2.80. The molecule has 0 spiro atoms. The first kappa shape index (κ1) is 12.7. The van der Waals surface area contributed by atoms with Crippen molar-refractivity contribution < 1.29 is 9.18 Å². The number of benzene rings is 1. The van der Waals surface area contributed by atoms with Crippen LogP contribution in [-0.4, -0.2) is 10.9 Å². The van der Waals surface area contributed by atoms with E-state index in [9.17, 15) is 9.18 Å². The van der Waals surface area contributed by atoms with Gasteiger partial charge in [-0.25, -0.2) is 4.39 Å². The smallest absolute Gasteiger partial charge is 0.228 e. The largest absolute Gasteiger partial charge is 0.324 e. The lowest BCUT2D eigenvalue weighted by Crippen LogP contribution is -2.15. The summed E-state index contributed by atoms with van der Waals surface area (Å²) >= 11 is 3.24. The molecule has 5 heteroatoms. The van der Waals surface area contributed by atoms with Crippen LogP contribution in [0.25, 0.3) is 0 Å². The van der Waals surface area contributed by atoms with Gasteiger partial charge in [0.15, 0.2) is 0 Å². The molecule has 0 bridgehead atoms. The third-order valence-electron chi connectivity index (χ3n) is 2.30. The number of hydrogen-bond acceptors (Lipinski definition) is 2. The van der Waals surface area contributed by atoms with E-state index in [4.69, 9.17) is 0 Å². The van der Waals surface area contributed by atoms with Gasteiger partial charge in [-0.3, -0.25) is 9.78 Å². The van der Waals surface area contributed by atoms with Crippen molar-refractivity contribution in [3.8, 4) is 0 Å². The van der Waals surface area contributed by atoms with E-state index in [-0.39, 0.29) is 18.1 Å². The van der Waals surface area contributed by atoms with Crippen LogP contribution in [0.5, 0.6) is 0 Å². The molecule has 0 unspecified atom stereocenters. The minimum absolute atomic E-state index is 0.0137. The van der Waals surface area contributed by atoms with Crippen molar-refractivity contribution in [2.75, 3.05) is 5.32 Å². The number of rotatable bonds is 3. The summed E-state index contributed by atoms with van der Waals surface area (Å²) in [6.45, 7) is 0. The molecule has 0 aliphatic carbocycles. The van der Waals surface area contributed by atoms with E-state index in [0.717, 1.165) is 4.47 Å². The first-order valence-corrected chi connectivity index (χ1v) is 6.08. The summed E-state index contributed by atoms with van der Waals surface area (Å²) in [5, 5.41) is 2.65. The highest BCUT2D eigenvalue weighted by atomic mass is 79.9. The molecule has 1 amide bonds. The monoisotopic (exact) mass is 308 g/mol. The van der Waals surface area contributed by atoms with Crippen LogP contribution in [-0.2, 0) is 11.2 Å². The Labute approximate surface area is 112 Å². The summed E-state index contributed by atoms with van der Waals surface area (Å²) in [5.41, 5.74) is 0.948. The van der Waals surface area contributed by atoms with Crippen LogP contribution in [0.2, 0.25) is 0 Å². The van der Waals surface area contributed by atoms with Gasteiger partial charge < -0.3 is 5.32 Å². The van der Waals surface area contributed by atoms with Crippen LogP contribution >= 0.6 is 15.9 Å². The predicted octanol–water partition coefficient (Wildman–Crippen LogP) is 3.16. The molecule has 0 saturated carbocycles. The molecule has 18 heavy (non-hydrogen) atoms. The van der Waals surface area contributed by atoms with E-state index < -0.39 is 0 Å². The van der Waals surface area contributed by atoms with E-state index in [1.54, 1.807) is 30.5 Å². The average Bonchev–Trinajstić information content (AvgIpc) is 2.35. The summed E-state index contributed by atoms with van der Waals surface area (Å²) in [7, 11) is 0. The molecule has 0 radical (unpaired) electrons. The summed E-state index contributed by atoms with van der Waals surface area (Å²) in [6.07, 6.45) is 3.14. The second kappa shape index (κ2) is 5.73. The van der Waals surface area contributed by atoms with Gasteiger partial charge in [-0.2, -0.15) is 0 Å². The maximum absolute atomic E-state index is 13.5. The Morgan fingerprint density at radius 1 is 1.39 bits per heavy atom. The molecule has 2 rings (SSSR count). The molecule has 0 saturated heterocycles. The summed E-state index contributed by atoms with van der Waals surface area (Å²) in [6, 6.07) is 7.96. The van der Waals surface area contributed by atoms with Crippen molar-refractivity contribution in [3.63, 3.8) is 0 Å². The summed E-state index contributed by atoms with van der Waals surface area (Å²) < 4.78 is 14.2. The van der Waals surface area contributed by atoms with Gasteiger partial charge in [0, 0.05) is 10.7 Å². The maximum Gasteiger partial charge on any atom is 0.228 e. The fraction of sp³-hybridized carbons (Fsp3) is 0.0769. The molecule has 1 aromatic carbocycles. The highest BCUT2D eigenvalue weighted by Gasteiger charge is 2.09. The third kappa shape index (κ3) is 3.37. The van der Waals surface area contributed by atoms with Gasteiger partial charge in [-0.05, 0) is 35.9 Å². The number of aromatic nitrogens is 1. The number of halogens is 2. The molecule has 0 aliphatic heterocycles. The minimum Gasteiger partial charge on any atom is -0.324 e. The van der Waals surface area contributed by atoms with Gasteiger partial charge in [-0.15, -0.1) is 0 Å². The SMILES string of the molecule is O=C(Cc1cc(Br)ccc1F)Nc1cccnc1. The van der Waals surface area contributed by atoms with Gasteiger partial charge in [0.25, 0.3) is 0 Å². The quantitative estimate of drug-likeness (QED) is 0.946. The van der Waals surface area contributed by atoms with Crippen molar-refractivity contribution in [2.24, 2.45) is 0 Å². The lowest BCUT2D eigenvalue weighted by Gasteiger charge is -2.06. The second-order valence-electron chi connectivity index (χ2n) is 3.70. The van der Waals surface area contributed by atoms with Gasteiger partial charge in [0.2, 0.25) is 5.91 Å². The molecule has 0 atom stereocenters. The number of anilines is 1. The Morgan fingerprint density at radius 2 is 2.22 bits per heavy atom. The normalized spacial score (nSPS) is 10.1. The number of pyridine rings is 1. The van der Waals surface area contributed by atoms with Crippen LogP contribution < -0.4 is 5.32 Å². The molecule has 2 aromatic rings. The highest BCUT2D eigenvalue weighted by molar-refractivity contribution is 9.10. The van der Waals surface area contributed by atoms with Crippen LogP contribution in [0.3, 0.4) is 0 Å². The van der Waals surface area contributed by atoms with Crippen LogP contribution in [0.4, 0.5) is 10.1 Å². The van der Waals surface area contributed by atoms with Gasteiger partial charge >= 0.3 is 0 Å². The summed E-state index contributed by atoms with van der Waals surface area (Å²) in [4.78, 5) is 15.6. The van der Waals surface area contributed by atoms with Crippen LogP contribution in [0.15, 0.2) is 47.2 Å². The molecule has 1 heterocycles. The van der Waals surface area contributed by atoms with Crippen molar-refractivity contribution in [3.05, 3.63) is 58.6 Å². The molecule has 0 fully saturated rings. The fourth-order valence-corrected chi connectivity index (χ4v) is 1.90. The molecule has 3 nitrogen and oxygen atoms in total. The van der Waals surface area contributed by atoms with Crippen LogP contribution in [0, 0.1) is 5.82 Å². The molecule has 1 N–H and O–H groups in total. The lowest BCUT2D eigenvalue weighted by atomic mass is 10.1. The van der Waals surface area contributed by atoms with Gasteiger partial charge in [-0.1, -0.05) is 15.9 Å². The summed E-state index contributed by atoms with van der Waals surface area (Å²) in [5.74, 6) is -0.667. The number of nitrogens with zero attached hydrogens (tertiary/aromatic N) is 1. The Bertz CT molecular complexity index is 560. The maximum atomic E-state index is 13.5. The molecule has 92 valence electrons. The zero-order valence-electron chi connectivity index (χ0n) is 9.36. The number of carbonyl (C=O) groups excluding carboxylic acids is 1. The minimum atomic E-state index is -0.389. The number of nitrogens with one attached hydrogen (secondary N) is 1. The topological polar surface area (TPSA) is 42.0 Å². The standard InChI is InChI=1S/C13H10BrFN2O/c14-10-3-4-12(15)9(6-10)7-13(18)17-11-2-1-5-16-8-11/h1-6,8H,7H2,(H,17,18). The molecular formula is C13H10BrFN2O. The second-order valence-corrected chi connectivity index (χ2v) is 4.62. The van der Waals surface area contributed by atoms with E-state index in [2.05, 4.69) is 26.2 Å². The Balaban J connectivity index is 2.05. The zero-order valence-corrected chi connectivity index (χ0v) is 10.9. The predicted molar refractivity (Wildman–Crippen MR) is 70.7 cm³/mol. The Hall–Kier alpha value is -1.75. The molecule has 0 aliphatic rings. The van der Waals surface area contributed by atoms with E-state index in [0.29, 0.717) is 11.3 Å². The fourth-order valence-electron chi connectivity index (χ4n) is 1.49. The first-order valence-electron chi connectivity index (χ1n) is 5.29. The molecule has 1 aromatic heterocycles. The van der Waals surface area contributed by atoms with Crippen LogP contribution in [0.1, 0.15) is 5.56 Å². The lowest BCUT2D eigenvalue weighted by molar-refractivity contribution is -0.115. The van der Waals surface area contributed by atoms with Crippen molar-refractivity contribution >= 4 is 27.5 Å². The highest BCUT2D eigenvalue weighted by Crippen LogP contribution is 2.16. The zero-order chi connectivity index (χ0) is 13.0. The first-order chi connectivity index (χ1) is 8.65. The molecular weight excluding hydrogens is 299 g/mol. The number of carbonyl (C=O) groups is 1. The van der Waals surface area contributed by atoms with Gasteiger partial charge in [0.05, 0.1) is 18.3 Å². The van der Waals surface area contributed by atoms with Gasteiger partial charge in [0.1, 0.15) is 5.82 Å². The van der Waals surface area contributed by atoms with Crippen molar-refractivity contribution in [1.82, 2.24) is 4.98 Å². The van der Waals surface area contributed by atoms with Crippen molar-refractivity contribution in [2.45, 2.75) is 6.42 Å². The van der Waals surface area contributed by atoms with E-state index in [1.807, 2.05) is 0 Å². The average molecular weight is 309 g/mol. The number of amides is 1. The Kier molecular flexibility index (Phi) is 4.04. The van der Waals surface area contributed by atoms with E-state index in [1.165, 1.54) is 12.3 Å².